The smallest absolute Gasteiger partial charge is 0.344 e. The number of nitrogens with zero attached hydrogens (tertiary/aromatic N) is 1. The van der Waals surface area contributed by atoms with E-state index in [2.05, 4.69) is 17.1 Å². The minimum Gasteiger partial charge on any atom is -0.428 e. The highest BCUT2D eigenvalue weighted by atomic mass is 32.2. The molecule has 0 spiro atoms. The molecular formula is C18H15NO2S. The van der Waals surface area contributed by atoms with Crippen molar-refractivity contribution in [1.82, 2.24) is 4.98 Å². The monoisotopic (exact) mass is 309 g/mol. The normalized spacial score (nSPS) is 10.6. The summed E-state index contributed by atoms with van der Waals surface area (Å²) < 4.78 is 5.28. The molecule has 0 amide bonds. The summed E-state index contributed by atoms with van der Waals surface area (Å²) in [5.41, 5.74) is 2.84. The minimum atomic E-state index is -0.336. The first-order valence-corrected chi connectivity index (χ1v) is 8.11. The van der Waals surface area contributed by atoms with E-state index in [4.69, 9.17) is 4.42 Å². The Morgan fingerprint density at radius 2 is 1.86 bits per heavy atom. The summed E-state index contributed by atoms with van der Waals surface area (Å²) in [6, 6.07) is 13.7. The van der Waals surface area contributed by atoms with Gasteiger partial charge in [0.05, 0.1) is 5.56 Å². The van der Waals surface area contributed by atoms with Gasteiger partial charge in [-0.3, -0.25) is 4.98 Å². The van der Waals surface area contributed by atoms with Gasteiger partial charge in [-0.2, -0.15) is 0 Å². The van der Waals surface area contributed by atoms with Crippen LogP contribution in [0.25, 0.3) is 22.3 Å². The van der Waals surface area contributed by atoms with Crippen molar-refractivity contribution in [2.24, 2.45) is 0 Å². The van der Waals surface area contributed by atoms with Crippen LogP contribution in [0.2, 0.25) is 0 Å². The number of benzene rings is 1. The molecule has 1 aromatic carbocycles. The van der Waals surface area contributed by atoms with Gasteiger partial charge in [-0.15, -0.1) is 11.8 Å². The Labute approximate surface area is 133 Å². The average molecular weight is 309 g/mol. The molecule has 22 heavy (non-hydrogen) atoms. The molecule has 3 aromatic rings. The van der Waals surface area contributed by atoms with Gasteiger partial charge in [0.1, 0.15) is 5.76 Å². The molecule has 2 heterocycles. The molecule has 4 heteroatoms. The third kappa shape index (κ3) is 2.83. The number of pyridine rings is 1. The second-order valence-electron chi connectivity index (χ2n) is 4.90. The lowest BCUT2D eigenvalue weighted by molar-refractivity contribution is 0.483. The lowest BCUT2D eigenvalue weighted by atomic mass is 9.97. The molecule has 0 aliphatic rings. The molecule has 0 N–H and O–H groups in total. The largest absolute Gasteiger partial charge is 0.428 e. The molecular weight excluding hydrogens is 294 g/mol. The summed E-state index contributed by atoms with van der Waals surface area (Å²) >= 11 is 1.69. The fourth-order valence-electron chi connectivity index (χ4n) is 2.39. The van der Waals surface area contributed by atoms with Crippen LogP contribution in [0.4, 0.5) is 0 Å². The van der Waals surface area contributed by atoms with Gasteiger partial charge in [-0.25, -0.2) is 4.79 Å². The fourth-order valence-corrected chi connectivity index (χ4v) is 2.80. The Morgan fingerprint density at radius 3 is 2.50 bits per heavy atom. The first-order chi connectivity index (χ1) is 10.7. The molecule has 2 aromatic heterocycles. The van der Waals surface area contributed by atoms with Gasteiger partial charge in [0.15, 0.2) is 0 Å². The number of hydrogen-bond acceptors (Lipinski definition) is 4. The summed E-state index contributed by atoms with van der Waals surface area (Å²) in [5, 5.41) is 0. The van der Waals surface area contributed by atoms with Gasteiger partial charge in [-0.05, 0) is 43.0 Å². The van der Waals surface area contributed by atoms with Crippen LogP contribution in [0.3, 0.4) is 0 Å². The molecule has 3 rings (SSSR count). The zero-order valence-electron chi connectivity index (χ0n) is 12.4. The SMILES string of the molecule is CSc1ccc(-c2cc(C)oc(=O)c2-c2cccnc2)cc1. The first kappa shape index (κ1) is 14.6. The van der Waals surface area contributed by atoms with Crippen LogP contribution in [0, 0.1) is 6.92 Å². The number of hydrogen-bond donors (Lipinski definition) is 0. The molecule has 110 valence electrons. The van der Waals surface area contributed by atoms with Crippen LogP contribution in [-0.2, 0) is 0 Å². The third-order valence-electron chi connectivity index (χ3n) is 3.43. The average Bonchev–Trinajstić information content (AvgIpc) is 2.55. The molecule has 0 atom stereocenters. The maximum atomic E-state index is 12.4. The molecule has 0 saturated heterocycles. The Morgan fingerprint density at radius 1 is 1.09 bits per heavy atom. The summed E-state index contributed by atoms with van der Waals surface area (Å²) in [6.45, 7) is 1.79. The second-order valence-corrected chi connectivity index (χ2v) is 5.78. The lowest BCUT2D eigenvalue weighted by Gasteiger charge is -2.10. The van der Waals surface area contributed by atoms with Crippen LogP contribution in [0.1, 0.15) is 5.76 Å². The van der Waals surface area contributed by atoms with Crippen molar-refractivity contribution in [2.45, 2.75) is 11.8 Å². The van der Waals surface area contributed by atoms with Gasteiger partial charge in [0.2, 0.25) is 0 Å². The molecule has 0 fully saturated rings. The molecule has 0 aliphatic heterocycles. The van der Waals surface area contributed by atoms with E-state index in [9.17, 15) is 4.79 Å². The molecule has 0 aliphatic carbocycles. The second kappa shape index (κ2) is 6.20. The van der Waals surface area contributed by atoms with Crippen molar-refractivity contribution < 1.29 is 4.42 Å². The molecule has 0 unspecified atom stereocenters. The van der Waals surface area contributed by atoms with E-state index < -0.39 is 0 Å². The van der Waals surface area contributed by atoms with E-state index >= 15 is 0 Å². The van der Waals surface area contributed by atoms with E-state index in [0.29, 0.717) is 11.3 Å². The number of rotatable bonds is 3. The van der Waals surface area contributed by atoms with Crippen LogP contribution in [0.15, 0.2) is 69.0 Å². The van der Waals surface area contributed by atoms with Crippen LogP contribution in [-0.4, -0.2) is 11.2 Å². The first-order valence-electron chi connectivity index (χ1n) is 6.88. The standard InChI is InChI=1S/C18H15NO2S/c1-12-10-16(13-5-7-15(22-2)8-6-13)17(18(20)21-12)14-4-3-9-19-11-14/h3-11H,1-2H3. The van der Waals surface area contributed by atoms with Crippen molar-refractivity contribution in [3.8, 4) is 22.3 Å². The Balaban J connectivity index is 2.24. The van der Waals surface area contributed by atoms with Crippen LogP contribution < -0.4 is 5.63 Å². The lowest BCUT2D eigenvalue weighted by Crippen LogP contribution is -2.06. The number of aromatic nitrogens is 1. The minimum absolute atomic E-state index is 0.336. The van der Waals surface area contributed by atoms with E-state index in [-0.39, 0.29) is 5.63 Å². The Kier molecular flexibility index (Phi) is 4.11. The zero-order chi connectivity index (χ0) is 15.5. The summed E-state index contributed by atoms with van der Waals surface area (Å²) in [7, 11) is 0. The van der Waals surface area contributed by atoms with Crippen molar-refractivity contribution in [1.29, 1.82) is 0 Å². The van der Waals surface area contributed by atoms with Crippen molar-refractivity contribution in [2.75, 3.05) is 6.26 Å². The summed E-state index contributed by atoms with van der Waals surface area (Å²) in [4.78, 5) is 17.6. The molecule has 0 radical (unpaired) electrons. The van der Waals surface area contributed by atoms with Crippen molar-refractivity contribution in [3.63, 3.8) is 0 Å². The van der Waals surface area contributed by atoms with Crippen molar-refractivity contribution >= 4 is 11.8 Å². The van der Waals surface area contributed by atoms with E-state index in [1.165, 1.54) is 4.90 Å². The topological polar surface area (TPSA) is 43.1 Å². The number of thioether (sulfide) groups is 1. The zero-order valence-corrected chi connectivity index (χ0v) is 13.2. The highest BCUT2D eigenvalue weighted by Crippen LogP contribution is 2.31. The quantitative estimate of drug-likeness (QED) is 0.673. The molecule has 3 nitrogen and oxygen atoms in total. The van der Waals surface area contributed by atoms with Gasteiger partial charge in [-0.1, -0.05) is 18.2 Å². The van der Waals surface area contributed by atoms with Gasteiger partial charge in [0, 0.05) is 28.4 Å². The Hall–Kier alpha value is -2.33. The summed E-state index contributed by atoms with van der Waals surface area (Å²) in [6.07, 6.45) is 5.41. The third-order valence-corrected chi connectivity index (χ3v) is 4.17. The van der Waals surface area contributed by atoms with Crippen LogP contribution >= 0.6 is 11.8 Å². The fraction of sp³-hybridized carbons (Fsp3) is 0.111. The maximum Gasteiger partial charge on any atom is 0.344 e. The molecule has 0 saturated carbocycles. The maximum absolute atomic E-state index is 12.4. The van der Waals surface area contributed by atoms with Gasteiger partial charge in [0.25, 0.3) is 0 Å². The predicted octanol–water partition coefficient (Wildman–Crippen LogP) is 4.40. The predicted molar refractivity (Wildman–Crippen MR) is 90.2 cm³/mol. The van der Waals surface area contributed by atoms with E-state index in [1.54, 1.807) is 31.1 Å². The number of aryl methyl sites for hydroxylation is 1. The van der Waals surface area contributed by atoms with Gasteiger partial charge >= 0.3 is 5.63 Å². The summed E-state index contributed by atoms with van der Waals surface area (Å²) in [5.74, 6) is 0.599. The highest BCUT2D eigenvalue weighted by Gasteiger charge is 2.14. The van der Waals surface area contributed by atoms with Gasteiger partial charge < -0.3 is 4.42 Å². The molecule has 0 bridgehead atoms. The van der Waals surface area contributed by atoms with E-state index in [0.717, 1.165) is 16.7 Å². The van der Waals surface area contributed by atoms with Crippen LogP contribution in [0.5, 0.6) is 0 Å². The highest BCUT2D eigenvalue weighted by molar-refractivity contribution is 7.98. The Bertz CT molecular complexity index is 839. The van der Waals surface area contributed by atoms with E-state index in [1.807, 2.05) is 36.6 Å². The van der Waals surface area contributed by atoms with Crippen molar-refractivity contribution in [3.05, 3.63) is 71.0 Å².